The Morgan fingerprint density at radius 2 is 1.96 bits per heavy atom. The molecule has 0 aliphatic heterocycles. The van der Waals surface area contributed by atoms with Gasteiger partial charge in [0.15, 0.2) is 11.6 Å². The molecule has 2 aromatic heterocycles. The molecule has 0 aliphatic rings. The van der Waals surface area contributed by atoms with Gasteiger partial charge in [0.25, 0.3) is 0 Å². The third kappa shape index (κ3) is 5.13. The van der Waals surface area contributed by atoms with Crippen molar-refractivity contribution in [3.05, 3.63) is 77.4 Å². The van der Waals surface area contributed by atoms with Crippen LogP contribution in [0.5, 0.6) is 0 Å². The quantitative estimate of drug-likeness (QED) is 0.645. The van der Waals surface area contributed by atoms with Crippen molar-refractivity contribution in [3.63, 3.8) is 0 Å². The maximum absolute atomic E-state index is 13.2. The van der Waals surface area contributed by atoms with E-state index in [1.807, 2.05) is 31.2 Å². The first-order valence-electron chi connectivity index (χ1n) is 8.36. The minimum atomic E-state index is -3.02. The lowest BCUT2D eigenvalue weighted by molar-refractivity contribution is -0.111. The van der Waals surface area contributed by atoms with Crippen LogP contribution in [0.3, 0.4) is 0 Å². The van der Waals surface area contributed by atoms with Crippen LogP contribution >= 0.6 is 0 Å². The zero-order chi connectivity index (χ0) is 19.4. The van der Waals surface area contributed by atoms with Crippen molar-refractivity contribution in [1.29, 1.82) is 0 Å². The van der Waals surface area contributed by atoms with E-state index in [0.29, 0.717) is 11.6 Å². The van der Waals surface area contributed by atoms with Gasteiger partial charge < -0.3 is 9.73 Å². The van der Waals surface area contributed by atoms with Gasteiger partial charge in [0.05, 0.1) is 6.54 Å². The Kier molecular flexibility index (Phi) is 5.21. The van der Waals surface area contributed by atoms with Gasteiger partial charge in [0, 0.05) is 25.3 Å². The Balaban J connectivity index is 1.58. The molecule has 0 atom stereocenters. The van der Waals surface area contributed by atoms with Crippen LogP contribution in [-0.4, -0.2) is 15.7 Å². The van der Waals surface area contributed by atoms with Crippen LogP contribution in [-0.2, 0) is 17.3 Å². The van der Waals surface area contributed by atoms with Crippen molar-refractivity contribution < 1.29 is 18.0 Å². The average molecular weight is 371 g/mol. The number of rotatable bonds is 6. The highest BCUT2D eigenvalue weighted by atomic mass is 19.3. The molecule has 3 aromatic rings. The molecule has 0 unspecified atom stereocenters. The molecule has 7 heteroatoms. The minimum Gasteiger partial charge on any atom is -0.458 e. The Labute approximate surface area is 155 Å². The highest BCUT2D eigenvalue weighted by molar-refractivity contribution is 6.01. The van der Waals surface area contributed by atoms with Crippen molar-refractivity contribution in [3.8, 4) is 0 Å². The Bertz CT molecular complexity index is 950. The molecule has 0 bridgehead atoms. The van der Waals surface area contributed by atoms with Crippen LogP contribution in [0.1, 0.15) is 29.6 Å². The molecule has 0 saturated heterocycles. The Morgan fingerprint density at radius 3 is 2.63 bits per heavy atom. The van der Waals surface area contributed by atoms with Gasteiger partial charge in [-0.1, -0.05) is 29.8 Å². The minimum absolute atomic E-state index is 0.186. The second kappa shape index (κ2) is 7.57. The number of halogens is 2. The number of aromatic nitrogens is 2. The number of benzene rings is 1. The molecule has 5 nitrogen and oxygen atoms in total. The van der Waals surface area contributed by atoms with E-state index < -0.39 is 5.92 Å². The first-order valence-corrected chi connectivity index (χ1v) is 8.36. The lowest BCUT2D eigenvalue weighted by Crippen LogP contribution is -2.09. The molecular formula is C20H19F2N3O2. The van der Waals surface area contributed by atoms with E-state index in [1.54, 1.807) is 18.3 Å². The van der Waals surface area contributed by atoms with Crippen molar-refractivity contribution in [1.82, 2.24) is 9.78 Å². The second-order valence-corrected chi connectivity index (χ2v) is 6.29. The van der Waals surface area contributed by atoms with Gasteiger partial charge in [-0.05, 0) is 30.7 Å². The summed E-state index contributed by atoms with van der Waals surface area (Å²) in [4.78, 5) is 12.0. The van der Waals surface area contributed by atoms with Crippen LogP contribution in [0, 0.1) is 6.92 Å². The molecule has 1 amide bonds. The molecule has 3 rings (SSSR count). The van der Waals surface area contributed by atoms with Crippen LogP contribution in [0.25, 0.3) is 6.08 Å². The van der Waals surface area contributed by atoms with Crippen molar-refractivity contribution in [2.45, 2.75) is 26.3 Å². The van der Waals surface area contributed by atoms with Crippen LogP contribution in [0.4, 0.5) is 14.6 Å². The lowest BCUT2D eigenvalue weighted by atomic mass is 10.1. The summed E-state index contributed by atoms with van der Waals surface area (Å²) in [6.45, 7) is 2.96. The number of nitrogens with zero attached hydrogens (tertiary/aromatic N) is 2. The maximum atomic E-state index is 13.2. The molecule has 2 heterocycles. The molecule has 0 fully saturated rings. The fourth-order valence-corrected chi connectivity index (χ4v) is 2.39. The molecule has 0 spiro atoms. The van der Waals surface area contributed by atoms with E-state index in [-0.39, 0.29) is 18.2 Å². The standard InChI is InChI=1S/C20H19F2N3O2/c1-14-3-5-15(6-4-14)7-10-19(26)23-18-11-12-25(24-18)13-16-8-9-17(27-16)20(2,21)22/h3-12H,13H2,1-2H3,(H,23,24,26). The van der Waals surface area contributed by atoms with Crippen molar-refractivity contribution >= 4 is 17.8 Å². The summed E-state index contributed by atoms with van der Waals surface area (Å²) in [6, 6.07) is 12.1. The van der Waals surface area contributed by atoms with Crippen LogP contribution in [0.15, 0.2) is 59.2 Å². The average Bonchev–Trinajstić information content (AvgIpc) is 3.24. The third-order valence-electron chi connectivity index (χ3n) is 3.81. The number of hydrogen-bond donors (Lipinski definition) is 1. The Morgan fingerprint density at radius 1 is 1.22 bits per heavy atom. The molecule has 1 N–H and O–H groups in total. The van der Waals surface area contributed by atoms with Crippen LogP contribution in [0.2, 0.25) is 0 Å². The summed E-state index contributed by atoms with van der Waals surface area (Å²) in [5, 5.41) is 6.84. The summed E-state index contributed by atoms with van der Waals surface area (Å²) in [5.74, 6) is -3.01. The third-order valence-corrected chi connectivity index (χ3v) is 3.81. The highest BCUT2D eigenvalue weighted by Gasteiger charge is 2.28. The van der Waals surface area contributed by atoms with Crippen LogP contribution < -0.4 is 5.32 Å². The number of aryl methyl sites for hydroxylation is 1. The van der Waals surface area contributed by atoms with E-state index in [0.717, 1.165) is 18.1 Å². The predicted molar refractivity (Wildman–Crippen MR) is 98.4 cm³/mol. The van der Waals surface area contributed by atoms with Crippen molar-refractivity contribution in [2.75, 3.05) is 5.32 Å². The SMILES string of the molecule is Cc1ccc(C=CC(=O)Nc2ccn(Cc3ccc(C(C)(F)F)o3)n2)cc1. The zero-order valence-corrected chi connectivity index (χ0v) is 14.9. The van der Waals surface area contributed by atoms with Gasteiger partial charge in [-0.25, -0.2) is 0 Å². The van der Waals surface area contributed by atoms with E-state index in [1.165, 1.54) is 22.9 Å². The number of amides is 1. The number of alkyl halides is 2. The van der Waals surface area contributed by atoms with Gasteiger partial charge in [0.1, 0.15) is 5.76 Å². The molecule has 0 saturated carbocycles. The zero-order valence-electron chi connectivity index (χ0n) is 14.9. The topological polar surface area (TPSA) is 60.1 Å². The number of anilines is 1. The number of carbonyl (C=O) groups is 1. The molecule has 1 aromatic carbocycles. The summed E-state index contributed by atoms with van der Waals surface area (Å²) < 4.78 is 33.0. The number of nitrogens with one attached hydrogen (secondary N) is 1. The van der Waals surface area contributed by atoms with Gasteiger partial charge >= 0.3 is 5.92 Å². The highest BCUT2D eigenvalue weighted by Crippen LogP contribution is 2.28. The first kappa shape index (κ1) is 18.6. The predicted octanol–water partition coefficient (Wildman–Crippen LogP) is 4.60. The molecule has 27 heavy (non-hydrogen) atoms. The maximum Gasteiger partial charge on any atom is 0.301 e. The fraction of sp³-hybridized carbons (Fsp3) is 0.200. The first-order chi connectivity index (χ1) is 12.8. The van der Waals surface area contributed by atoms with E-state index >= 15 is 0 Å². The number of furan rings is 1. The van der Waals surface area contributed by atoms with Gasteiger partial charge in [-0.2, -0.15) is 13.9 Å². The molecular weight excluding hydrogens is 352 g/mol. The fourth-order valence-electron chi connectivity index (χ4n) is 2.39. The smallest absolute Gasteiger partial charge is 0.301 e. The summed E-state index contributed by atoms with van der Waals surface area (Å²) >= 11 is 0. The summed E-state index contributed by atoms with van der Waals surface area (Å²) in [6.07, 6.45) is 4.76. The van der Waals surface area contributed by atoms with E-state index in [2.05, 4.69) is 10.4 Å². The lowest BCUT2D eigenvalue weighted by Gasteiger charge is -2.05. The Hall–Kier alpha value is -3.22. The van der Waals surface area contributed by atoms with Gasteiger partial charge in [-0.3, -0.25) is 9.48 Å². The van der Waals surface area contributed by atoms with Gasteiger partial charge in [-0.15, -0.1) is 0 Å². The van der Waals surface area contributed by atoms with Crippen molar-refractivity contribution in [2.24, 2.45) is 0 Å². The molecule has 0 radical (unpaired) electrons. The largest absolute Gasteiger partial charge is 0.458 e. The monoisotopic (exact) mass is 371 g/mol. The normalized spacial score (nSPS) is 11.9. The van der Waals surface area contributed by atoms with E-state index in [4.69, 9.17) is 4.42 Å². The summed E-state index contributed by atoms with van der Waals surface area (Å²) in [7, 11) is 0. The van der Waals surface area contributed by atoms with E-state index in [9.17, 15) is 13.6 Å². The summed E-state index contributed by atoms with van der Waals surface area (Å²) in [5.41, 5.74) is 2.07. The number of carbonyl (C=O) groups excluding carboxylic acids is 1. The number of hydrogen-bond acceptors (Lipinski definition) is 3. The molecule has 0 aliphatic carbocycles. The molecule has 140 valence electrons. The second-order valence-electron chi connectivity index (χ2n) is 6.29. The van der Waals surface area contributed by atoms with Gasteiger partial charge in [0.2, 0.25) is 5.91 Å².